The van der Waals surface area contributed by atoms with E-state index in [4.69, 9.17) is 0 Å². The van der Waals surface area contributed by atoms with Gasteiger partial charge in [-0.15, -0.1) is 0 Å². The number of fused-ring (bicyclic) bond motifs is 3. The molecule has 4 rings (SSSR count). The number of non-ortho nitro benzene ring substituents is 1. The third-order valence-corrected chi connectivity index (χ3v) is 4.57. The Bertz CT molecular complexity index is 1400. The van der Waals surface area contributed by atoms with E-state index in [1.54, 1.807) is 37.3 Å². The lowest BCUT2D eigenvalue weighted by Gasteiger charge is -2.04. The van der Waals surface area contributed by atoms with Crippen LogP contribution in [0.5, 0.6) is 0 Å². The van der Waals surface area contributed by atoms with Crippen molar-refractivity contribution in [3.8, 4) is 6.07 Å². The van der Waals surface area contributed by atoms with E-state index >= 15 is 0 Å². The van der Waals surface area contributed by atoms with Crippen LogP contribution in [0.4, 0.5) is 11.4 Å². The van der Waals surface area contributed by atoms with Crippen LogP contribution in [-0.2, 0) is 0 Å². The summed E-state index contributed by atoms with van der Waals surface area (Å²) < 4.78 is 1.43. The Morgan fingerprint density at radius 1 is 1.21 bits per heavy atom. The van der Waals surface area contributed by atoms with Gasteiger partial charge >= 0.3 is 0 Å². The molecule has 0 spiro atoms. The topological polar surface area (TPSA) is 113 Å². The molecule has 0 aliphatic carbocycles. The lowest BCUT2D eigenvalue weighted by molar-refractivity contribution is -0.384. The molecule has 2 aromatic heterocycles. The van der Waals surface area contributed by atoms with Gasteiger partial charge in [0.05, 0.1) is 26.7 Å². The van der Waals surface area contributed by atoms with E-state index < -0.39 is 4.92 Å². The second-order valence-electron chi connectivity index (χ2n) is 6.18. The van der Waals surface area contributed by atoms with Crippen molar-refractivity contribution in [1.29, 1.82) is 5.26 Å². The van der Waals surface area contributed by atoms with E-state index in [0.29, 0.717) is 38.7 Å². The number of rotatable bonds is 3. The van der Waals surface area contributed by atoms with Crippen LogP contribution in [-0.4, -0.2) is 14.3 Å². The first kappa shape index (κ1) is 17.2. The second-order valence-corrected chi connectivity index (χ2v) is 6.18. The van der Waals surface area contributed by atoms with Crippen LogP contribution in [0.2, 0.25) is 0 Å². The number of nitrogens with zero attached hydrogens (tertiary/aromatic N) is 4. The lowest BCUT2D eigenvalue weighted by atomic mass is 10.1. The number of aromatic nitrogens is 2. The largest absolute Gasteiger partial charge is 0.361 e. The Balaban J connectivity index is 1.92. The van der Waals surface area contributed by atoms with Crippen LogP contribution in [0.25, 0.3) is 22.9 Å². The quantitative estimate of drug-likeness (QED) is 0.437. The highest BCUT2D eigenvalue weighted by Crippen LogP contribution is 2.18. The monoisotopic (exact) mass is 371 g/mol. The smallest absolute Gasteiger partial charge is 0.269 e. The summed E-state index contributed by atoms with van der Waals surface area (Å²) in [7, 11) is 0. The van der Waals surface area contributed by atoms with Gasteiger partial charge < -0.3 is 5.32 Å². The van der Waals surface area contributed by atoms with Gasteiger partial charge in [-0.25, -0.2) is 4.98 Å². The molecule has 0 unspecified atom stereocenters. The van der Waals surface area contributed by atoms with Crippen molar-refractivity contribution in [2.45, 2.75) is 6.92 Å². The van der Waals surface area contributed by atoms with Gasteiger partial charge in [-0.1, -0.05) is 12.1 Å². The SMILES string of the molecule is Cc1c(C#N)c2nc3ccccc3n2c(=O)c1=CNc1ccc([N+](=O)[O-])cc1. The van der Waals surface area contributed by atoms with Crippen molar-refractivity contribution in [3.05, 3.63) is 85.3 Å². The van der Waals surface area contributed by atoms with Crippen LogP contribution < -0.4 is 16.1 Å². The van der Waals surface area contributed by atoms with Gasteiger partial charge in [0.25, 0.3) is 11.2 Å². The van der Waals surface area contributed by atoms with Gasteiger partial charge in [0, 0.05) is 24.0 Å². The molecule has 2 aromatic carbocycles. The number of anilines is 1. The summed E-state index contributed by atoms with van der Waals surface area (Å²) in [5, 5.41) is 23.7. The molecule has 136 valence electrons. The van der Waals surface area contributed by atoms with Gasteiger partial charge in [0.2, 0.25) is 0 Å². The van der Waals surface area contributed by atoms with E-state index in [0.717, 1.165) is 0 Å². The maximum Gasteiger partial charge on any atom is 0.269 e. The number of hydrogen-bond donors (Lipinski definition) is 1. The minimum absolute atomic E-state index is 0.0238. The summed E-state index contributed by atoms with van der Waals surface area (Å²) in [4.78, 5) is 27.8. The van der Waals surface area contributed by atoms with Crippen molar-refractivity contribution < 1.29 is 4.92 Å². The van der Waals surface area contributed by atoms with Gasteiger partial charge in [0.15, 0.2) is 5.65 Å². The lowest BCUT2D eigenvalue weighted by Crippen LogP contribution is -2.34. The van der Waals surface area contributed by atoms with Crippen LogP contribution in [0.1, 0.15) is 11.1 Å². The summed E-state index contributed by atoms with van der Waals surface area (Å²) in [6.07, 6.45) is 1.51. The average Bonchev–Trinajstić information content (AvgIpc) is 3.08. The Labute approximate surface area is 158 Å². The summed E-state index contributed by atoms with van der Waals surface area (Å²) in [6.45, 7) is 1.70. The summed E-state index contributed by atoms with van der Waals surface area (Å²) in [5.74, 6) is 0. The van der Waals surface area contributed by atoms with Crippen LogP contribution in [0.3, 0.4) is 0 Å². The van der Waals surface area contributed by atoms with Crippen molar-refractivity contribution in [1.82, 2.24) is 9.38 Å². The fourth-order valence-electron chi connectivity index (χ4n) is 3.12. The minimum atomic E-state index is -0.481. The number of benzene rings is 2. The Morgan fingerprint density at radius 2 is 1.93 bits per heavy atom. The molecule has 1 N–H and O–H groups in total. The predicted molar refractivity (Wildman–Crippen MR) is 105 cm³/mol. The van der Waals surface area contributed by atoms with Crippen molar-refractivity contribution in [2.75, 3.05) is 5.32 Å². The molecule has 0 bridgehead atoms. The predicted octanol–water partition coefficient (Wildman–Crippen LogP) is 2.50. The van der Waals surface area contributed by atoms with Gasteiger partial charge in [-0.3, -0.25) is 19.3 Å². The molecule has 0 aliphatic heterocycles. The number of nitriles is 1. The zero-order valence-corrected chi connectivity index (χ0v) is 14.7. The molecule has 0 radical (unpaired) electrons. The van der Waals surface area contributed by atoms with E-state index in [1.165, 1.54) is 22.7 Å². The maximum atomic E-state index is 13.1. The molecule has 0 aliphatic rings. The summed E-state index contributed by atoms with van der Waals surface area (Å²) in [5.41, 5.74) is 2.70. The van der Waals surface area contributed by atoms with E-state index in [9.17, 15) is 20.2 Å². The molecule has 28 heavy (non-hydrogen) atoms. The van der Waals surface area contributed by atoms with Gasteiger partial charge in [-0.2, -0.15) is 5.26 Å². The highest BCUT2D eigenvalue weighted by Gasteiger charge is 2.15. The first-order valence-corrected chi connectivity index (χ1v) is 8.36. The normalized spacial score (nSPS) is 11.6. The van der Waals surface area contributed by atoms with E-state index in [2.05, 4.69) is 16.4 Å². The molecule has 0 atom stereocenters. The zero-order valence-electron chi connectivity index (χ0n) is 14.7. The third kappa shape index (κ3) is 2.62. The molecular weight excluding hydrogens is 358 g/mol. The Morgan fingerprint density at radius 3 is 2.61 bits per heavy atom. The highest BCUT2D eigenvalue weighted by atomic mass is 16.6. The summed E-state index contributed by atoms with van der Waals surface area (Å²) >= 11 is 0. The van der Waals surface area contributed by atoms with Crippen LogP contribution in [0, 0.1) is 28.4 Å². The standard InChI is InChI=1S/C20H13N5O3/c1-12-15(10-21)19-23-17-4-2-3-5-18(17)24(19)20(26)16(12)11-22-13-6-8-14(9-7-13)25(27)28/h2-9,11,22H,1H3. The number of imidazole rings is 1. The van der Waals surface area contributed by atoms with Crippen molar-refractivity contribution in [2.24, 2.45) is 0 Å². The van der Waals surface area contributed by atoms with E-state index in [-0.39, 0.29) is 11.2 Å². The molecular formula is C20H13N5O3. The number of nitro groups is 1. The number of nitrogens with one attached hydrogen (secondary N) is 1. The fraction of sp³-hybridized carbons (Fsp3) is 0.0500. The molecule has 8 nitrogen and oxygen atoms in total. The molecule has 2 heterocycles. The van der Waals surface area contributed by atoms with E-state index in [1.807, 2.05) is 6.07 Å². The second kappa shape index (κ2) is 6.48. The molecule has 0 amide bonds. The first-order valence-electron chi connectivity index (χ1n) is 8.36. The number of pyridine rings is 1. The first-order chi connectivity index (χ1) is 13.5. The van der Waals surface area contributed by atoms with Gasteiger partial charge in [-0.05, 0) is 36.8 Å². The molecule has 4 aromatic rings. The highest BCUT2D eigenvalue weighted by molar-refractivity contribution is 5.82. The Kier molecular flexibility index (Phi) is 3.98. The van der Waals surface area contributed by atoms with Gasteiger partial charge in [0.1, 0.15) is 6.07 Å². The maximum absolute atomic E-state index is 13.1. The number of hydrogen-bond acceptors (Lipinski definition) is 6. The number of nitro benzene ring substituents is 1. The molecule has 0 fully saturated rings. The number of para-hydroxylation sites is 2. The van der Waals surface area contributed by atoms with Crippen LogP contribution >= 0.6 is 0 Å². The van der Waals surface area contributed by atoms with Crippen molar-refractivity contribution >= 4 is 34.3 Å². The molecule has 0 saturated heterocycles. The van der Waals surface area contributed by atoms with Crippen LogP contribution in [0.15, 0.2) is 53.3 Å². The Hall–Kier alpha value is -4.25. The average molecular weight is 371 g/mol. The molecule has 8 heteroatoms. The minimum Gasteiger partial charge on any atom is -0.361 e. The fourth-order valence-corrected chi connectivity index (χ4v) is 3.12. The zero-order chi connectivity index (χ0) is 19.8. The molecule has 0 saturated carbocycles. The van der Waals surface area contributed by atoms with Crippen molar-refractivity contribution in [3.63, 3.8) is 0 Å². The summed E-state index contributed by atoms with van der Waals surface area (Å²) in [6, 6.07) is 15.2. The third-order valence-electron chi connectivity index (χ3n) is 4.57.